The van der Waals surface area contributed by atoms with E-state index in [1.165, 1.54) is 0 Å². The van der Waals surface area contributed by atoms with Gasteiger partial charge < -0.3 is 10.2 Å². The second kappa shape index (κ2) is 10.3. The number of tetrazole rings is 1. The second-order valence-corrected chi connectivity index (χ2v) is 12.8. The number of aromatic nitrogens is 4. The fourth-order valence-corrected chi connectivity index (χ4v) is 5.65. The lowest BCUT2D eigenvalue weighted by molar-refractivity contribution is -0.133. The monoisotopic (exact) mass is 507 g/mol. The molecule has 1 aliphatic heterocycles. The predicted octanol–water partition coefficient (Wildman–Crippen LogP) is 4.84. The lowest BCUT2D eigenvalue weighted by atomic mass is 9.69. The third-order valence-electron chi connectivity index (χ3n) is 7.95. The van der Waals surface area contributed by atoms with Crippen molar-refractivity contribution in [3.8, 4) is 0 Å². The van der Waals surface area contributed by atoms with Gasteiger partial charge in [0.15, 0.2) is 5.82 Å². The first kappa shape index (κ1) is 26.9. The van der Waals surface area contributed by atoms with Crippen molar-refractivity contribution in [3.63, 3.8) is 0 Å². The first-order valence-corrected chi connectivity index (χ1v) is 13.4. The Labute approximate surface area is 219 Å². The molecule has 1 aromatic heterocycles. The van der Waals surface area contributed by atoms with Crippen molar-refractivity contribution in [3.05, 3.63) is 41.2 Å². The van der Waals surface area contributed by atoms with Crippen molar-refractivity contribution >= 4 is 18.0 Å². The van der Waals surface area contributed by atoms with E-state index in [9.17, 15) is 9.59 Å². The molecular formula is C28H41N7O2. The van der Waals surface area contributed by atoms with Crippen LogP contribution in [0.3, 0.4) is 0 Å². The molecule has 2 N–H and O–H groups in total. The number of nitrogens with zero attached hydrogens (tertiary/aromatic N) is 5. The number of benzene rings is 1. The van der Waals surface area contributed by atoms with Gasteiger partial charge in [0, 0.05) is 5.56 Å². The van der Waals surface area contributed by atoms with E-state index in [-0.39, 0.29) is 35.2 Å². The summed E-state index contributed by atoms with van der Waals surface area (Å²) in [5.74, 6) is 0.839. The highest BCUT2D eigenvalue weighted by molar-refractivity contribution is 6.28. The molecule has 1 spiro atoms. The average molecular weight is 508 g/mol. The van der Waals surface area contributed by atoms with Crippen molar-refractivity contribution in [2.24, 2.45) is 21.7 Å². The van der Waals surface area contributed by atoms with Gasteiger partial charge in [-0.25, -0.2) is 0 Å². The Bertz CT molecular complexity index is 1100. The number of aliphatic imine (C=N–C) groups is 1. The van der Waals surface area contributed by atoms with Crippen molar-refractivity contribution in [2.75, 3.05) is 0 Å². The summed E-state index contributed by atoms with van der Waals surface area (Å²) in [7, 11) is 0. The molecule has 2 amide bonds. The number of carbonyl (C=O) groups is 2. The molecule has 2 aliphatic rings. The Hall–Kier alpha value is -3.10. The van der Waals surface area contributed by atoms with Crippen LogP contribution in [0.1, 0.15) is 108 Å². The van der Waals surface area contributed by atoms with Crippen molar-refractivity contribution < 1.29 is 9.59 Å². The fraction of sp³-hybridized carbons (Fsp3) is 0.643. The van der Waals surface area contributed by atoms with Gasteiger partial charge in [-0.3, -0.25) is 14.6 Å². The summed E-state index contributed by atoms with van der Waals surface area (Å²) in [6, 6.07) is 7.52. The molecule has 1 atom stereocenters. The van der Waals surface area contributed by atoms with Crippen molar-refractivity contribution in [2.45, 2.75) is 98.3 Å². The van der Waals surface area contributed by atoms with E-state index in [0.717, 1.165) is 44.1 Å². The number of carbonyl (C=O) groups excluding carboxylic acids is 2. The molecule has 37 heavy (non-hydrogen) atoms. The average Bonchev–Trinajstić information content (AvgIpc) is 3.46. The summed E-state index contributed by atoms with van der Waals surface area (Å²) in [4.78, 5) is 32.9. The lowest BCUT2D eigenvalue weighted by Gasteiger charge is -2.48. The Morgan fingerprint density at radius 2 is 1.81 bits per heavy atom. The fourth-order valence-electron chi connectivity index (χ4n) is 5.65. The van der Waals surface area contributed by atoms with Crippen LogP contribution in [0.15, 0.2) is 29.3 Å². The van der Waals surface area contributed by atoms with Crippen LogP contribution in [0.2, 0.25) is 0 Å². The molecule has 1 saturated carbocycles. The van der Waals surface area contributed by atoms with Crippen molar-refractivity contribution in [1.29, 1.82) is 0 Å². The molecule has 200 valence electrons. The Morgan fingerprint density at radius 1 is 1.14 bits per heavy atom. The van der Waals surface area contributed by atoms with Gasteiger partial charge >= 0.3 is 0 Å². The molecule has 9 heteroatoms. The highest BCUT2D eigenvalue weighted by Gasteiger charge is 2.49. The highest BCUT2D eigenvalue weighted by Crippen LogP contribution is 2.49. The van der Waals surface area contributed by atoms with Crippen LogP contribution < -0.4 is 5.32 Å². The zero-order valence-electron chi connectivity index (χ0n) is 23.0. The maximum atomic E-state index is 13.3. The number of rotatable bonds is 7. The molecule has 1 aromatic carbocycles. The van der Waals surface area contributed by atoms with Crippen LogP contribution in [0, 0.1) is 16.7 Å². The predicted molar refractivity (Wildman–Crippen MR) is 143 cm³/mol. The molecule has 9 nitrogen and oxygen atoms in total. The third-order valence-corrected chi connectivity index (χ3v) is 7.95. The highest BCUT2D eigenvalue weighted by atomic mass is 16.2. The van der Waals surface area contributed by atoms with Crippen molar-refractivity contribution in [1.82, 2.24) is 30.8 Å². The van der Waals surface area contributed by atoms with Gasteiger partial charge in [-0.15, -0.1) is 10.2 Å². The first-order chi connectivity index (χ1) is 17.4. The lowest BCUT2D eigenvalue weighted by Crippen LogP contribution is -2.51. The summed E-state index contributed by atoms with van der Waals surface area (Å²) in [5, 5.41) is 16.4. The molecule has 0 bridgehead atoms. The number of hydrogen-bond donors (Lipinski definition) is 2. The van der Waals surface area contributed by atoms with Crippen LogP contribution in [0.5, 0.6) is 0 Å². The minimum absolute atomic E-state index is 0.00458. The Balaban J connectivity index is 1.55. The zero-order chi connectivity index (χ0) is 26.8. The van der Waals surface area contributed by atoms with Gasteiger partial charge in [0.2, 0.25) is 0 Å². The smallest absolute Gasteiger partial charge is 0.267 e. The number of nitrogens with one attached hydrogen (secondary N) is 2. The van der Waals surface area contributed by atoms with Crippen LogP contribution in [-0.4, -0.2) is 49.2 Å². The molecule has 0 saturated heterocycles. The van der Waals surface area contributed by atoms with Crippen LogP contribution in [-0.2, 0) is 11.3 Å². The van der Waals surface area contributed by atoms with E-state index in [2.05, 4.69) is 72.4 Å². The topological polar surface area (TPSA) is 116 Å². The number of amides is 2. The minimum atomic E-state index is -0.470. The quantitative estimate of drug-likeness (QED) is 0.556. The molecular weight excluding hydrogens is 466 g/mol. The van der Waals surface area contributed by atoms with Gasteiger partial charge in [-0.1, -0.05) is 58.9 Å². The summed E-state index contributed by atoms with van der Waals surface area (Å²) in [6.45, 7) is 13.8. The van der Waals surface area contributed by atoms with Crippen LogP contribution in [0.4, 0.5) is 0 Å². The summed E-state index contributed by atoms with van der Waals surface area (Å²) < 4.78 is 0. The number of hydrogen-bond acceptors (Lipinski definition) is 6. The van der Waals surface area contributed by atoms with Gasteiger partial charge in [-0.2, -0.15) is 5.21 Å². The van der Waals surface area contributed by atoms with E-state index in [0.29, 0.717) is 17.3 Å². The van der Waals surface area contributed by atoms with E-state index in [1.807, 2.05) is 24.3 Å². The molecule has 2 heterocycles. The van der Waals surface area contributed by atoms with Gasteiger partial charge in [-0.05, 0) is 73.0 Å². The molecule has 2 aromatic rings. The summed E-state index contributed by atoms with van der Waals surface area (Å²) >= 11 is 0. The maximum absolute atomic E-state index is 13.3. The number of H-pyrrole nitrogens is 1. The third kappa shape index (κ3) is 6.25. The summed E-state index contributed by atoms with van der Waals surface area (Å²) in [5.41, 5.74) is 1.50. The van der Waals surface area contributed by atoms with Crippen LogP contribution >= 0.6 is 0 Å². The molecule has 0 unspecified atom stereocenters. The molecule has 0 radical (unpaired) electrons. The maximum Gasteiger partial charge on any atom is 0.267 e. The van der Waals surface area contributed by atoms with Gasteiger partial charge in [0.1, 0.15) is 5.66 Å². The number of aromatic amines is 1. The SMILES string of the molecule is CC(C)(C)CC[C@H](c1ccc(C(=O)NCc2nn[nH]n2)cc1)N1C(=O)C=NC12CCC(C(C)(C)C)CC2. The molecule has 1 aliphatic carbocycles. The van der Waals surface area contributed by atoms with Gasteiger partial charge in [0.25, 0.3) is 11.8 Å². The largest absolute Gasteiger partial charge is 0.345 e. The summed E-state index contributed by atoms with van der Waals surface area (Å²) in [6.07, 6.45) is 7.26. The van der Waals surface area contributed by atoms with Crippen LogP contribution in [0.25, 0.3) is 0 Å². The van der Waals surface area contributed by atoms with E-state index in [1.54, 1.807) is 6.21 Å². The standard InChI is InChI=1S/C28H41N7O2/c1-26(2,3)14-13-22(19-7-9-20(10-8-19)25(37)29-17-23-31-33-34-32-23)35-24(36)18-30-28(35)15-11-21(12-16-28)27(4,5)6/h7-10,18,21-22H,11-17H2,1-6H3,(H,29,37)(H,31,32,33,34)/t21?,22-,28?/m1/s1. The van der Waals surface area contributed by atoms with Gasteiger partial charge in [0.05, 0.1) is 18.8 Å². The molecule has 4 rings (SSSR count). The minimum Gasteiger partial charge on any atom is -0.345 e. The Kier molecular flexibility index (Phi) is 7.53. The first-order valence-electron chi connectivity index (χ1n) is 13.4. The van der Waals surface area contributed by atoms with E-state index in [4.69, 9.17) is 4.99 Å². The Morgan fingerprint density at radius 3 is 2.38 bits per heavy atom. The van der Waals surface area contributed by atoms with E-state index < -0.39 is 5.66 Å². The second-order valence-electron chi connectivity index (χ2n) is 12.8. The normalized spacial score (nSPS) is 23.0. The van der Waals surface area contributed by atoms with E-state index >= 15 is 0 Å². The zero-order valence-corrected chi connectivity index (χ0v) is 23.0. The molecule has 1 fully saturated rings.